The third-order valence-electron chi connectivity index (χ3n) is 4.41. The second-order valence-corrected chi connectivity index (χ2v) is 7.18. The van der Waals surface area contributed by atoms with Crippen molar-refractivity contribution >= 4 is 51.4 Å². The fourth-order valence-corrected chi connectivity index (χ4v) is 3.78. The molecular formula is C19H15N7OS. The SMILES string of the molecule is CC(=O)N(c1ccc(N)cc1)c1nc2nc3cc(-c4nccs4)ccc3n2[nH]1. The number of thiazole rings is 1. The highest BCUT2D eigenvalue weighted by atomic mass is 32.1. The lowest BCUT2D eigenvalue weighted by Crippen LogP contribution is -2.24. The first-order valence-electron chi connectivity index (χ1n) is 8.54. The number of nitrogen functional groups attached to an aromatic ring is 1. The van der Waals surface area contributed by atoms with E-state index in [2.05, 4.69) is 20.1 Å². The van der Waals surface area contributed by atoms with E-state index in [1.807, 2.05) is 23.6 Å². The Balaban J connectivity index is 1.61. The molecule has 0 aliphatic heterocycles. The van der Waals surface area contributed by atoms with Crippen molar-refractivity contribution in [2.45, 2.75) is 6.92 Å². The maximum absolute atomic E-state index is 12.3. The van der Waals surface area contributed by atoms with E-state index in [1.165, 1.54) is 11.8 Å². The average Bonchev–Trinajstić information content (AvgIpc) is 3.39. The minimum Gasteiger partial charge on any atom is -0.399 e. The molecule has 0 saturated heterocycles. The highest BCUT2D eigenvalue weighted by molar-refractivity contribution is 7.13. The van der Waals surface area contributed by atoms with Gasteiger partial charge in [0.1, 0.15) is 5.01 Å². The molecule has 8 nitrogen and oxygen atoms in total. The summed E-state index contributed by atoms with van der Waals surface area (Å²) in [6, 6.07) is 13.0. The largest absolute Gasteiger partial charge is 0.399 e. The molecule has 0 spiro atoms. The van der Waals surface area contributed by atoms with E-state index in [4.69, 9.17) is 5.73 Å². The number of hydrogen-bond donors (Lipinski definition) is 2. The van der Waals surface area contributed by atoms with Crippen molar-refractivity contribution < 1.29 is 4.79 Å². The van der Waals surface area contributed by atoms with Crippen LogP contribution in [-0.4, -0.2) is 30.5 Å². The van der Waals surface area contributed by atoms with Crippen molar-refractivity contribution in [3.63, 3.8) is 0 Å². The number of amides is 1. The average molecular weight is 389 g/mol. The number of benzene rings is 2. The molecule has 0 aliphatic carbocycles. The number of anilines is 3. The van der Waals surface area contributed by atoms with Gasteiger partial charge in [-0.15, -0.1) is 11.3 Å². The van der Waals surface area contributed by atoms with Gasteiger partial charge in [-0.1, -0.05) is 0 Å². The van der Waals surface area contributed by atoms with Crippen LogP contribution in [0.3, 0.4) is 0 Å². The lowest BCUT2D eigenvalue weighted by atomic mass is 10.2. The summed E-state index contributed by atoms with van der Waals surface area (Å²) in [6.45, 7) is 1.49. The Bertz CT molecular complexity index is 1300. The number of aromatic amines is 1. The minimum absolute atomic E-state index is 0.169. The summed E-state index contributed by atoms with van der Waals surface area (Å²) < 4.78 is 1.77. The maximum atomic E-state index is 12.3. The molecule has 0 unspecified atom stereocenters. The van der Waals surface area contributed by atoms with Gasteiger partial charge >= 0.3 is 0 Å². The minimum atomic E-state index is -0.169. The van der Waals surface area contributed by atoms with E-state index < -0.39 is 0 Å². The summed E-state index contributed by atoms with van der Waals surface area (Å²) in [5, 5.41) is 6.06. The van der Waals surface area contributed by atoms with Crippen LogP contribution >= 0.6 is 11.3 Å². The van der Waals surface area contributed by atoms with E-state index >= 15 is 0 Å². The predicted molar refractivity (Wildman–Crippen MR) is 110 cm³/mol. The Kier molecular flexibility index (Phi) is 3.63. The highest BCUT2D eigenvalue weighted by Gasteiger charge is 2.20. The number of nitrogens with one attached hydrogen (secondary N) is 1. The van der Waals surface area contributed by atoms with E-state index in [9.17, 15) is 4.79 Å². The first kappa shape index (κ1) is 16.5. The van der Waals surface area contributed by atoms with Gasteiger partial charge in [0.05, 0.1) is 16.7 Å². The third kappa shape index (κ3) is 2.60. The summed E-state index contributed by atoms with van der Waals surface area (Å²) in [6.07, 6.45) is 1.78. The summed E-state index contributed by atoms with van der Waals surface area (Å²) in [5.74, 6) is 0.714. The van der Waals surface area contributed by atoms with Gasteiger partial charge in [-0.25, -0.2) is 19.4 Å². The molecule has 9 heteroatoms. The third-order valence-corrected chi connectivity index (χ3v) is 5.23. The normalized spacial score (nSPS) is 11.3. The zero-order valence-electron chi connectivity index (χ0n) is 14.8. The number of aromatic nitrogens is 5. The number of nitrogens with two attached hydrogens (primary N) is 1. The van der Waals surface area contributed by atoms with Crippen molar-refractivity contribution in [1.29, 1.82) is 0 Å². The smallest absolute Gasteiger partial charge is 0.253 e. The molecule has 28 heavy (non-hydrogen) atoms. The van der Waals surface area contributed by atoms with E-state index in [0.717, 1.165) is 21.6 Å². The van der Waals surface area contributed by atoms with Crippen LogP contribution in [0.1, 0.15) is 6.92 Å². The van der Waals surface area contributed by atoms with Crippen LogP contribution in [0.2, 0.25) is 0 Å². The maximum Gasteiger partial charge on any atom is 0.253 e. The molecule has 138 valence electrons. The molecule has 0 saturated carbocycles. The second kappa shape index (κ2) is 6.17. The van der Waals surface area contributed by atoms with E-state index in [0.29, 0.717) is 23.1 Å². The molecule has 0 radical (unpaired) electrons. The molecule has 3 aromatic heterocycles. The van der Waals surface area contributed by atoms with E-state index in [1.54, 1.807) is 46.3 Å². The zero-order chi connectivity index (χ0) is 19.3. The number of carbonyl (C=O) groups excluding carboxylic acids is 1. The zero-order valence-corrected chi connectivity index (χ0v) is 15.6. The van der Waals surface area contributed by atoms with Gasteiger partial charge in [-0.3, -0.25) is 9.89 Å². The van der Waals surface area contributed by atoms with E-state index in [-0.39, 0.29) is 5.91 Å². The molecule has 5 rings (SSSR count). The fourth-order valence-electron chi connectivity index (χ4n) is 3.15. The molecule has 0 fully saturated rings. The van der Waals surface area contributed by atoms with Gasteiger partial charge in [-0.2, -0.15) is 4.98 Å². The molecule has 0 bridgehead atoms. The van der Waals surface area contributed by atoms with Crippen LogP contribution < -0.4 is 10.6 Å². The number of rotatable bonds is 3. The summed E-state index contributed by atoms with van der Waals surface area (Å²) in [4.78, 5) is 27.2. The summed E-state index contributed by atoms with van der Waals surface area (Å²) in [7, 11) is 0. The first-order valence-corrected chi connectivity index (χ1v) is 9.42. The molecule has 1 amide bonds. The van der Waals surface area contributed by atoms with Gasteiger partial charge in [0.15, 0.2) is 0 Å². The summed E-state index contributed by atoms with van der Waals surface area (Å²) in [5.41, 5.74) is 9.74. The number of nitrogens with zero attached hydrogens (tertiary/aromatic N) is 5. The molecular weight excluding hydrogens is 374 g/mol. The quantitative estimate of drug-likeness (QED) is 0.459. The van der Waals surface area contributed by atoms with Crippen molar-refractivity contribution in [3.05, 3.63) is 54.0 Å². The molecule has 3 heterocycles. The van der Waals surface area contributed by atoms with Gasteiger partial charge in [-0.05, 0) is 42.5 Å². The predicted octanol–water partition coefficient (Wildman–Crippen LogP) is 3.60. The van der Waals surface area contributed by atoms with Crippen LogP contribution in [0.25, 0.3) is 27.4 Å². The molecule has 3 N–H and O–H groups in total. The highest BCUT2D eigenvalue weighted by Crippen LogP contribution is 2.28. The van der Waals surface area contributed by atoms with Crippen LogP contribution in [0.5, 0.6) is 0 Å². The lowest BCUT2D eigenvalue weighted by molar-refractivity contribution is -0.115. The monoisotopic (exact) mass is 389 g/mol. The topological polar surface area (TPSA) is 105 Å². The Morgan fingerprint density at radius 1 is 1.18 bits per heavy atom. The Morgan fingerprint density at radius 2 is 2.00 bits per heavy atom. The number of imidazole rings is 1. The van der Waals surface area contributed by atoms with Gasteiger partial charge in [0.25, 0.3) is 5.78 Å². The standard InChI is InChI=1S/C19H15N7OS/c1-11(27)25(14-5-3-13(20)4-6-14)19-23-18-22-15-10-12(17-21-8-9-28-17)2-7-16(15)26(18)24-19/h2-10H,20H2,1H3,(H,22,23,24). The second-order valence-electron chi connectivity index (χ2n) is 6.28. The Hall–Kier alpha value is -3.72. The first-order chi connectivity index (χ1) is 13.6. The van der Waals surface area contributed by atoms with Crippen LogP contribution in [0.15, 0.2) is 54.0 Å². The van der Waals surface area contributed by atoms with Crippen molar-refractivity contribution in [1.82, 2.24) is 24.6 Å². The number of carbonyl (C=O) groups is 1. The van der Waals surface area contributed by atoms with Gasteiger partial charge in [0.2, 0.25) is 11.9 Å². The van der Waals surface area contributed by atoms with Crippen LogP contribution in [0.4, 0.5) is 17.3 Å². The Morgan fingerprint density at radius 3 is 2.71 bits per heavy atom. The van der Waals surface area contributed by atoms with Crippen LogP contribution in [-0.2, 0) is 4.79 Å². The van der Waals surface area contributed by atoms with Crippen molar-refractivity contribution in [3.8, 4) is 10.6 Å². The number of hydrogen-bond acceptors (Lipinski definition) is 6. The number of H-pyrrole nitrogens is 1. The summed E-state index contributed by atoms with van der Waals surface area (Å²) >= 11 is 1.58. The van der Waals surface area contributed by atoms with Crippen molar-refractivity contribution in [2.75, 3.05) is 10.6 Å². The van der Waals surface area contributed by atoms with Crippen molar-refractivity contribution in [2.24, 2.45) is 0 Å². The molecule has 5 aromatic rings. The van der Waals surface area contributed by atoms with Gasteiger partial charge in [0, 0.05) is 29.8 Å². The fraction of sp³-hybridized carbons (Fsp3) is 0.0526. The number of fused-ring (bicyclic) bond motifs is 3. The molecule has 2 aromatic carbocycles. The molecule has 0 aliphatic rings. The Labute approximate surface area is 163 Å². The lowest BCUT2D eigenvalue weighted by Gasteiger charge is -2.17. The molecule has 0 atom stereocenters. The van der Waals surface area contributed by atoms with Gasteiger partial charge < -0.3 is 5.73 Å². The van der Waals surface area contributed by atoms with Crippen LogP contribution in [0, 0.1) is 0 Å².